The first-order valence-electron chi connectivity index (χ1n) is 3.72. The van der Waals surface area contributed by atoms with Gasteiger partial charge in [0.05, 0.1) is 6.54 Å². The van der Waals surface area contributed by atoms with E-state index < -0.39 is 0 Å². The SMILES string of the molecule is O=c1[nH]nc(CNc2nc(Cl)cs2)[nH]1. The van der Waals surface area contributed by atoms with Gasteiger partial charge in [-0.1, -0.05) is 11.6 Å². The van der Waals surface area contributed by atoms with Gasteiger partial charge in [-0.25, -0.2) is 14.9 Å². The van der Waals surface area contributed by atoms with Crippen molar-refractivity contribution in [1.82, 2.24) is 20.2 Å². The molecule has 2 aromatic heterocycles. The number of anilines is 1. The van der Waals surface area contributed by atoms with Gasteiger partial charge in [-0.15, -0.1) is 11.3 Å². The highest BCUT2D eigenvalue weighted by Crippen LogP contribution is 2.18. The van der Waals surface area contributed by atoms with Crippen LogP contribution in [0.25, 0.3) is 0 Å². The van der Waals surface area contributed by atoms with Crippen molar-refractivity contribution in [3.8, 4) is 0 Å². The van der Waals surface area contributed by atoms with Crippen molar-refractivity contribution in [2.75, 3.05) is 5.32 Å². The van der Waals surface area contributed by atoms with Gasteiger partial charge in [0.15, 0.2) is 5.13 Å². The number of thiazole rings is 1. The second-order valence-electron chi connectivity index (χ2n) is 2.45. The first-order chi connectivity index (χ1) is 6.74. The molecule has 6 nitrogen and oxygen atoms in total. The maximum Gasteiger partial charge on any atom is 0.340 e. The predicted molar refractivity (Wildman–Crippen MR) is 53.7 cm³/mol. The van der Waals surface area contributed by atoms with Crippen LogP contribution in [0.1, 0.15) is 5.82 Å². The molecule has 2 heterocycles. The van der Waals surface area contributed by atoms with Gasteiger partial charge in [-0.05, 0) is 0 Å². The van der Waals surface area contributed by atoms with E-state index in [4.69, 9.17) is 11.6 Å². The fourth-order valence-corrected chi connectivity index (χ4v) is 1.72. The van der Waals surface area contributed by atoms with Crippen LogP contribution in [0.5, 0.6) is 0 Å². The van der Waals surface area contributed by atoms with Crippen LogP contribution in [0.2, 0.25) is 5.15 Å². The molecule has 2 rings (SSSR count). The van der Waals surface area contributed by atoms with Crippen molar-refractivity contribution in [3.05, 3.63) is 26.8 Å². The number of hydrogen-bond donors (Lipinski definition) is 3. The number of nitrogens with zero attached hydrogens (tertiary/aromatic N) is 2. The minimum absolute atomic E-state index is 0.320. The first kappa shape index (κ1) is 9.22. The third-order valence-electron chi connectivity index (χ3n) is 1.43. The summed E-state index contributed by atoms with van der Waals surface area (Å²) in [5.41, 5.74) is -0.320. The van der Waals surface area contributed by atoms with Crippen LogP contribution in [-0.4, -0.2) is 20.2 Å². The van der Waals surface area contributed by atoms with Crippen LogP contribution < -0.4 is 11.0 Å². The van der Waals surface area contributed by atoms with E-state index in [2.05, 4.69) is 25.5 Å². The molecular weight excluding hydrogens is 226 g/mol. The Bertz CT molecular complexity index is 474. The Labute approximate surface area is 87.3 Å². The van der Waals surface area contributed by atoms with E-state index in [-0.39, 0.29) is 5.69 Å². The molecule has 0 saturated carbocycles. The van der Waals surface area contributed by atoms with E-state index >= 15 is 0 Å². The Morgan fingerprint density at radius 3 is 3.07 bits per heavy atom. The topological polar surface area (TPSA) is 86.5 Å². The molecule has 2 aromatic rings. The van der Waals surface area contributed by atoms with Crippen LogP contribution in [0.4, 0.5) is 5.13 Å². The number of aromatic amines is 2. The maximum atomic E-state index is 10.7. The average Bonchev–Trinajstić information content (AvgIpc) is 2.72. The molecular formula is C6H6ClN5OS. The first-order valence-corrected chi connectivity index (χ1v) is 4.98. The number of halogens is 1. The van der Waals surface area contributed by atoms with E-state index in [0.717, 1.165) is 0 Å². The molecule has 74 valence electrons. The van der Waals surface area contributed by atoms with E-state index in [1.807, 2.05) is 0 Å². The van der Waals surface area contributed by atoms with E-state index in [9.17, 15) is 4.79 Å². The smallest absolute Gasteiger partial charge is 0.340 e. The highest BCUT2D eigenvalue weighted by atomic mass is 35.5. The number of rotatable bonds is 3. The Balaban J connectivity index is 1.98. The molecule has 8 heteroatoms. The molecule has 0 saturated heterocycles. The lowest BCUT2D eigenvalue weighted by atomic mass is 10.6. The van der Waals surface area contributed by atoms with Gasteiger partial charge in [0.2, 0.25) is 0 Å². The third-order valence-corrected chi connectivity index (χ3v) is 2.56. The number of H-pyrrole nitrogens is 2. The largest absolute Gasteiger partial charge is 0.354 e. The number of hydrogen-bond acceptors (Lipinski definition) is 5. The van der Waals surface area contributed by atoms with E-state index in [1.165, 1.54) is 11.3 Å². The third kappa shape index (κ3) is 2.12. The fourth-order valence-electron chi connectivity index (χ4n) is 0.884. The maximum absolute atomic E-state index is 10.7. The van der Waals surface area contributed by atoms with E-state index in [1.54, 1.807) is 5.38 Å². The van der Waals surface area contributed by atoms with Crippen LogP contribution in [0.15, 0.2) is 10.2 Å². The quantitative estimate of drug-likeness (QED) is 0.730. The summed E-state index contributed by atoms with van der Waals surface area (Å²) in [4.78, 5) is 17.2. The van der Waals surface area contributed by atoms with Gasteiger partial charge in [0, 0.05) is 5.38 Å². The van der Waals surface area contributed by atoms with Crippen molar-refractivity contribution in [1.29, 1.82) is 0 Å². The summed E-state index contributed by atoms with van der Waals surface area (Å²) in [6.45, 7) is 0.405. The number of aromatic nitrogens is 4. The number of nitrogens with one attached hydrogen (secondary N) is 3. The molecule has 3 N–H and O–H groups in total. The van der Waals surface area contributed by atoms with E-state index in [0.29, 0.717) is 22.7 Å². The van der Waals surface area contributed by atoms with Crippen molar-refractivity contribution >= 4 is 28.1 Å². The summed E-state index contributed by atoms with van der Waals surface area (Å²) in [5, 5.41) is 11.8. The molecule has 0 aromatic carbocycles. The van der Waals surface area contributed by atoms with Gasteiger partial charge >= 0.3 is 5.69 Å². The normalized spacial score (nSPS) is 10.4. The Morgan fingerprint density at radius 1 is 1.64 bits per heavy atom. The lowest BCUT2D eigenvalue weighted by Gasteiger charge is -1.96. The second kappa shape index (κ2) is 3.81. The molecule has 0 aliphatic heterocycles. The Kier molecular flexibility index (Phi) is 2.51. The molecule has 0 spiro atoms. The summed E-state index contributed by atoms with van der Waals surface area (Å²) < 4.78 is 0. The minimum atomic E-state index is -0.320. The van der Waals surface area contributed by atoms with Crippen LogP contribution >= 0.6 is 22.9 Å². The second-order valence-corrected chi connectivity index (χ2v) is 3.70. The molecule has 0 amide bonds. The van der Waals surface area contributed by atoms with Gasteiger partial charge in [0.1, 0.15) is 11.0 Å². The summed E-state index contributed by atoms with van der Waals surface area (Å²) in [5.74, 6) is 0.529. The molecule has 0 fully saturated rings. The monoisotopic (exact) mass is 231 g/mol. The summed E-state index contributed by atoms with van der Waals surface area (Å²) in [6, 6.07) is 0. The van der Waals surface area contributed by atoms with Crippen LogP contribution in [0, 0.1) is 0 Å². The highest BCUT2D eigenvalue weighted by molar-refractivity contribution is 7.14. The zero-order valence-electron chi connectivity index (χ0n) is 6.87. The minimum Gasteiger partial charge on any atom is -0.354 e. The summed E-state index contributed by atoms with van der Waals surface area (Å²) in [7, 11) is 0. The molecule has 0 atom stereocenters. The van der Waals surface area contributed by atoms with Gasteiger partial charge in [-0.2, -0.15) is 5.10 Å². The summed E-state index contributed by atoms with van der Waals surface area (Å²) in [6.07, 6.45) is 0. The molecule has 0 bridgehead atoms. The fraction of sp³-hybridized carbons (Fsp3) is 0.167. The highest BCUT2D eigenvalue weighted by Gasteiger charge is 2.01. The molecule has 0 unspecified atom stereocenters. The molecule has 0 aliphatic carbocycles. The van der Waals surface area contributed by atoms with Gasteiger partial charge in [0.25, 0.3) is 0 Å². The van der Waals surface area contributed by atoms with Crippen LogP contribution in [-0.2, 0) is 6.54 Å². The lowest BCUT2D eigenvalue weighted by molar-refractivity contribution is 0.951. The standard InChI is InChI=1S/C6H6ClN5OS/c7-3-2-14-6(9-3)8-1-4-10-5(13)12-11-4/h2H,1H2,(H,8,9)(H2,10,11,12,13). The zero-order chi connectivity index (χ0) is 9.97. The van der Waals surface area contributed by atoms with Gasteiger partial charge in [-0.3, -0.25) is 4.98 Å². The van der Waals surface area contributed by atoms with Crippen molar-refractivity contribution in [2.24, 2.45) is 0 Å². The summed E-state index contributed by atoms with van der Waals surface area (Å²) >= 11 is 7.02. The van der Waals surface area contributed by atoms with Crippen molar-refractivity contribution in [3.63, 3.8) is 0 Å². The molecule has 14 heavy (non-hydrogen) atoms. The Hall–Kier alpha value is -1.34. The van der Waals surface area contributed by atoms with Crippen molar-refractivity contribution < 1.29 is 0 Å². The Morgan fingerprint density at radius 2 is 2.50 bits per heavy atom. The predicted octanol–water partition coefficient (Wildman–Crippen LogP) is 0.820. The molecule has 0 radical (unpaired) electrons. The lowest BCUT2D eigenvalue weighted by Crippen LogP contribution is -2.04. The zero-order valence-corrected chi connectivity index (χ0v) is 8.45. The van der Waals surface area contributed by atoms with Gasteiger partial charge < -0.3 is 5.32 Å². The average molecular weight is 232 g/mol. The van der Waals surface area contributed by atoms with Crippen LogP contribution in [0.3, 0.4) is 0 Å². The van der Waals surface area contributed by atoms with Crippen molar-refractivity contribution in [2.45, 2.75) is 6.54 Å². The molecule has 0 aliphatic rings.